The number of carbonyl (C=O) groups excluding carboxylic acids is 1. The normalized spacial score (nSPS) is 10.1. The van der Waals surface area contributed by atoms with E-state index in [1.807, 2.05) is 6.92 Å². The van der Waals surface area contributed by atoms with Crippen LogP contribution in [0.1, 0.15) is 26.2 Å². The lowest BCUT2D eigenvalue weighted by molar-refractivity contribution is -0.384. The summed E-state index contributed by atoms with van der Waals surface area (Å²) >= 11 is 0. The van der Waals surface area contributed by atoms with Crippen LogP contribution in [0.25, 0.3) is 0 Å². The molecule has 110 valence electrons. The van der Waals surface area contributed by atoms with Crippen LogP contribution in [-0.4, -0.2) is 33.9 Å². The first-order valence-corrected chi connectivity index (χ1v) is 6.32. The average molecular weight is 282 g/mol. The highest BCUT2D eigenvalue weighted by Gasteiger charge is 2.16. The Labute approximate surface area is 116 Å². The SMILES string of the molecule is CCCNc1ncc([N+](=O)[O-])c(NCCCC(N)=O)n1. The minimum absolute atomic E-state index is 0.132. The molecular formula is C11H18N6O3. The molecule has 0 aliphatic heterocycles. The summed E-state index contributed by atoms with van der Waals surface area (Å²) in [6.45, 7) is 3.04. The molecular weight excluding hydrogens is 264 g/mol. The van der Waals surface area contributed by atoms with E-state index in [9.17, 15) is 14.9 Å². The molecule has 4 N–H and O–H groups in total. The zero-order valence-electron chi connectivity index (χ0n) is 11.3. The summed E-state index contributed by atoms with van der Waals surface area (Å²) in [6, 6.07) is 0. The van der Waals surface area contributed by atoms with Crippen LogP contribution in [0.5, 0.6) is 0 Å². The molecule has 1 rings (SSSR count). The summed E-state index contributed by atoms with van der Waals surface area (Å²) in [4.78, 5) is 28.9. The maximum atomic E-state index is 10.9. The Balaban J connectivity index is 2.72. The molecule has 0 aliphatic rings. The van der Waals surface area contributed by atoms with E-state index in [1.54, 1.807) is 0 Å². The maximum absolute atomic E-state index is 10.9. The fourth-order valence-electron chi connectivity index (χ4n) is 1.43. The number of amides is 1. The van der Waals surface area contributed by atoms with Crippen molar-refractivity contribution in [3.05, 3.63) is 16.3 Å². The quantitative estimate of drug-likeness (QED) is 0.347. The number of hydrogen-bond donors (Lipinski definition) is 3. The van der Waals surface area contributed by atoms with E-state index in [4.69, 9.17) is 5.73 Å². The molecule has 0 radical (unpaired) electrons. The molecule has 0 spiro atoms. The summed E-state index contributed by atoms with van der Waals surface area (Å²) in [5.41, 5.74) is 4.82. The lowest BCUT2D eigenvalue weighted by atomic mass is 10.3. The number of primary amides is 1. The largest absolute Gasteiger partial charge is 0.370 e. The molecule has 0 saturated carbocycles. The van der Waals surface area contributed by atoms with Crippen molar-refractivity contribution in [2.24, 2.45) is 5.73 Å². The summed E-state index contributed by atoms with van der Waals surface area (Å²) in [6.07, 6.45) is 2.74. The fraction of sp³-hybridized carbons (Fsp3) is 0.545. The number of nitrogens with one attached hydrogen (secondary N) is 2. The lowest BCUT2D eigenvalue weighted by Gasteiger charge is -2.08. The molecule has 1 heterocycles. The van der Waals surface area contributed by atoms with Gasteiger partial charge < -0.3 is 16.4 Å². The number of nitrogens with two attached hydrogens (primary N) is 1. The van der Waals surface area contributed by atoms with Gasteiger partial charge in [0.05, 0.1) is 4.92 Å². The number of hydrogen-bond acceptors (Lipinski definition) is 7. The van der Waals surface area contributed by atoms with Gasteiger partial charge in [0, 0.05) is 19.5 Å². The Kier molecular flexibility index (Phi) is 6.14. The first-order chi connectivity index (χ1) is 9.54. The van der Waals surface area contributed by atoms with Gasteiger partial charge in [-0.3, -0.25) is 14.9 Å². The average Bonchev–Trinajstić information content (AvgIpc) is 2.41. The van der Waals surface area contributed by atoms with Gasteiger partial charge in [0.2, 0.25) is 17.7 Å². The highest BCUT2D eigenvalue weighted by atomic mass is 16.6. The molecule has 0 saturated heterocycles. The monoisotopic (exact) mass is 282 g/mol. The molecule has 0 aliphatic carbocycles. The Morgan fingerprint density at radius 1 is 1.45 bits per heavy atom. The Morgan fingerprint density at radius 3 is 2.80 bits per heavy atom. The minimum Gasteiger partial charge on any atom is -0.370 e. The molecule has 0 unspecified atom stereocenters. The third-order valence-electron chi connectivity index (χ3n) is 2.39. The van der Waals surface area contributed by atoms with Gasteiger partial charge >= 0.3 is 5.69 Å². The smallest absolute Gasteiger partial charge is 0.329 e. The van der Waals surface area contributed by atoms with Gasteiger partial charge in [-0.2, -0.15) is 4.98 Å². The zero-order chi connectivity index (χ0) is 15.0. The summed E-state index contributed by atoms with van der Waals surface area (Å²) in [5, 5.41) is 16.7. The van der Waals surface area contributed by atoms with Crippen molar-refractivity contribution in [2.75, 3.05) is 23.7 Å². The first kappa shape index (κ1) is 15.6. The summed E-state index contributed by atoms with van der Waals surface area (Å²) < 4.78 is 0. The van der Waals surface area contributed by atoms with Crippen LogP contribution >= 0.6 is 0 Å². The van der Waals surface area contributed by atoms with E-state index in [0.717, 1.165) is 12.6 Å². The van der Waals surface area contributed by atoms with Crippen LogP contribution in [0.2, 0.25) is 0 Å². The molecule has 0 atom stereocenters. The van der Waals surface area contributed by atoms with Crippen LogP contribution in [0.15, 0.2) is 6.20 Å². The third-order valence-corrected chi connectivity index (χ3v) is 2.39. The molecule has 0 fully saturated rings. The summed E-state index contributed by atoms with van der Waals surface area (Å²) in [5.74, 6) is 0.0530. The van der Waals surface area contributed by atoms with Crippen LogP contribution < -0.4 is 16.4 Å². The number of nitro groups is 1. The molecule has 0 bridgehead atoms. The topological polar surface area (TPSA) is 136 Å². The van der Waals surface area contributed by atoms with Gasteiger partial charge in [-0.15, -0.1) is 0 Å². The maximum Gasteiger partial charge on any atom is 0.329 e. The van der Waals surface area contributed by atoms with E-state index >= 15 is 0 Å². The minimum atomic E-state index is -0.556. The van der Waals surface area contributed by atoms with E-state index in [2.05, 4.69) is 20.6 Å². The van der Waals surface area contributed by atoms with Gasteiger partial charge in [-0.05, 0) is 12.8 Å². The Morgan fingerprint density at radius 2 is 2.20 bits per heavy atom. The van der Waals surface area contributed by atoms with E-state index < -0.39 is 10.8 Å². The number of rotatable bonds is 9. The molecule has 9 nitrogen and oxygen atoms in total. The van der Waals surface area contributed by atoms with Crippen LogP contribution in [0, 0.1) is 10.1 Å². The molecule has 0 aromatic carbocycles. The second-order valence-electron chi connectivity index (χ2n) is 4.11. The highest BCUT2D eigenvalue weighted by Crippen LogP contribution is 2.21. The van der Waals surface area contributed by atoms with Crippen LogP contribution in [0.4, 0.5) is 17.5 Å². The van der Waals surface area contributed by atoms with Crippen molar-refractivity contribution in [1.82, 2.24) is 9.97 Å². The Bertz CT molecular complexity index is 479. The lowest BCUT2D eigenvalue weighted by Crippen LogP contribution is -2.14. The predicted molar refractivity (Wildman–Crippen MR) is 74.4 cm³/mol. The number of anilines is 2. The number of carbonyl (C=O) groups is 1. The van der Waals surface area contributed by atoms with Crippen molar-refractivity contribution in [1.29, 1.82) is 0 Å². The summed E-state index contributed by atoms with van der Waals surface area (Å²) in [7, 11) is 0. The molecule has 1 aromatic heterocycles. The Hall–Kier alpha value is -2.45. The predicted octanol–water partition coefficient (Wildman–Crippen LogP) is 0.884. The molecule has 1 aromatic rings. The van der Waals surface area contributed by atoms with Crippen LogP contribution in [-0.2, 0) is 4.79 Å². The van der Waals surface area contributed by atoms with Crippen molar-refractivity contribution >= 4 is 23.4 Å². The third kappa shape index (κ3) is 5.04. The van der Waals surface area contributed by atoms with Crippen LogP contribution in [0.3, 0.4) is 0 Å². The van der Waals surface area contributed by atoms with E-state index in [0.29, 0.717) is 25.5 Å². The van der Waals surface area contributed by atoms with Crippen molar-refractivity contribution < 1.29 is 9.72 Å². The van der Waals surface area contributed by atoms with Gasteiger partial charge in [0.1, 0.15) is 6.20 Å². The fourth-order valence-corrected chi connectivity index (χ4v) is 1.43. The van der Waals surface area contributed by atoms with Crippen molar-refractivity contribution in [3.8, 4) is 0 Å². The van der Waals surface area contributed by atoms with Crippen molar-refractivity contribution in [2.45, 2.75) is 26.2 Å². The van der Waals surface area contributed by atoms with Gasteiger partial charge in [-0.1, -0.05) is 6.92 Å². The number of aromatic nitrogens is 2. The highest BCUT2D eigenvalue weighted by molar-refractivity contribution is 5.73. The number of nitrogens with zero attached hydrogens (tertiary/aromatic N) is 3. The molecule has 9 heteroatoms. The molecule has 20 heavy (non-hydrogen) atoms. The van der Waals surface area contributed by atoms with Crippen molar-refractivity contribution in [3.63, 3.8) is 0 Å². The van der Waals surface area contributed by atoms with E-state index in [-0.39, 0.29) is 17.9 Å². The van der Waals surface area contributed by atoms with Gasteiger partial charge in [-0.25, -0.2) is 4.98 Å². The zero-order valence-corrected chi connectivity index (χ0v) is 11.3. The second-order valence-corrected chi connectivity index (χ2v) is 4.11. The standard InChI is InChI=1S/C11H18N6O3/c1-2-5-14-11-15-7-8(17(19)20)10(16-11)13-6-3-4-9(12)18/h7H,2-6H2,1H3,(H2,12,18)(H2,13,14,15,16). The molecule has 1 amide bonds. The first-order valence-electron chi connectivity index (χ1n) is 6.32. The van der Waals surface area contributed by atoms with E-state index in [1.165, 1.54) is 0 Å². The van der Waals surface area contributed by atoms with Gasteiger partial charge in [0.15, 0.2) is 0 Å². The second kappa shape index (κ2) is 7.87. The van der Waals surface area contributed by atoms with Gasteiger partial charge in [0.25, 0.3) is 0 Å².